The SMILES string of the molecule is CCCCCCCCCCCCCCCCCCOCC1CC=CCC1N(C=O)CCCCl. The van der Waals surface area contributed by atoms with Gasteiger partial charge in [-0.2, -0.15) is 0 Å². The zero-order valence-electron chi connectivity index (χ0n) is 21.8. The minimum Gasteiger partial charge on any atom is -0.381 e. The molecule has 1 amide bonds. The number of rotatable bonds is 24. The van der Waals surface area contributed by atoms with Crippen molar-refractivity contribution < 1.29 is 9.53 Å². The summed E-state index contributed by atoms with van der Waals surface area (Å²) < 4.78 is 6.02. The van der Waals surface area contributed by atoms with Gasteiger partial charge in [0, 0.05) is 31.0 Å². The van der Waals surface area contributed by atoms with E-state index in [9.17, 15) is 4.79 Å². The van der Waals surface area contributed by atoms with Crippen molar-refractivity contribution in [1.29, 1.82) is 0 Å². The first-order chi connectivity index (χ1) is 16.3. The van der Waals surface area contributed by atoms with Crippen LogP contribution in [-0.4, -0.2) is 43.0 Å². The van der Waals surface area contributed by atoms with Gasteiger partial charge in [0.2, 0.25) is 6.41 Å². The lowest BCUT2D eigenvalue weighted by Gasteiger charge is -2.35. The number of allylic oxidation sites excluding steroid dienone is 1. The highest BCUT2D eigenvalue weighted by Gasteiger charge is 2.27. The molecule has 0 saturated carbocycles. The second-order valence-corrected chi connectivity index (χ2v) is 10.4. The molecule has 33 heavy (non-hydrogen) atoms. The van der Waals surface area contributed by atoms with E-state index in [1.807, 2.05) is 4.90 Å². The Morgan fingerprint density at radius 3 is 1.82 bits per heavy atom. The zero-order chi connectivity index (χ0) is 23.8. The molecule has 0 radical (unpaired) electrons. The second kappa shape index (κ2) is 23.2. The van der Waals surface area contributed by atoms with Gasteiger partial charge in [0.1, 0.15) is 0 Å². The smallest absolute Gasteiger partial charge is 0.209 e. The molecular weight excluding hydrogens is 430 g/mol. The molecule has 0 aromatic carbocycles. The molecule has 1 rings (SSSR count). The van der Waals surface area contributed by atoms with Crippen LogP contribution in [0.15, 0.2) is 12.2 Å². The Balaban J connectivity index is 1.90. The highest BCUT2D eigenvalue weighted by atomic mass is 35.5. The summed E-state index contributed by atoms with van der Waals surface area (Å²) in [5.41, 5.74) is 0. The number of carbonyl (C=O) groups excluding carboxylic acids is 1. The lowest BCUT2D eigenvalue weighted by atomic mass is 9.88. The first-order valence-electron chi connectivity index (χ1n) is 14.3. The number of nitrogens with zero attached hydrogens (tertiary/aromatic N) is 1. The highest BCUT2D eigenvalue weighted by Crippen LogP contribution is 2.24. The van der Waals surface area contributed by atoms with Gasteiger partial charge in [-0.3, -0.25) is 4.79 Å². The molecule has 0 heterocycles. The van der Waals surface area contributed by atoms with Gasteiger partial charge in [0.05, 0.1) is 6.61 Å². The standard InChI is InChI=1S/C29H54ClNO2/c1-2-3-4-5-6-7-8-9-10-11-12-13-14-15-16-19-25-33-26-28-21-17-18-22-29(28)31(27-32)24-20-23-30/h17-18,27-29H,2-16,19-26H2,1H3. The van der Waals surface area contributed by atoms with Crippen molar-refractivity contribution in [2.75, 3.05) is 25.6 Å². The summed E-state index contributed by atoms with van der Waals surface area (Å²) >= 11 is 5.82. The predicted molar refractivity (Wildman–Crippen MR) is 144 cm³/mol. The number of hydrogen-bond acceptors (Lipinski definition) is 2. The summed E-state index contributed by atoms with van der Waals surface area (Å²) in [4.78, 5) is 13.5. The quantitative estimate of drug-likeness (QED) is 0.0594. The summed E-state index contributed by atoms with van der Waals surface area (Å²) in [7, 11) is 0. The summed E-state index contributed by atoms with van der Waals surface area (Å²) in [5, 5.41) is 0. The van der Waals surface area contributed by atoms with Gasteiger partial charge in [-0.05, 0) is 25.7 Å². The molecule has 3 nitrogen and oxygen atoms in total. The molecule has 1 aliphatic carbocycles. The van der Waals surface area contributed by atoms with Crippen LogP contribution >= 0.6 is 11.6 Å². The summed E-state index contributed by atoms with van der Waals surface area (Å²) in [5.74, 6) is 1.02. The molecule has 0 aliphatic heterocycles. The molecule has 194 valence electrons. The maximum Gasteiger partial charge on any atom is 0.209 e. The molecule has 0 saturated heterocycles. The lowest BCUT2D eigenvalue weighted by molar-refractivity contribution is -0.122. The maximum absolute atomic E-state index is 11.5. The Morgan fingerprint density at radius 2 is 1.30 bits per heavy atom. The van der Waals surface area contributed by atoms with E-state index in [1.165, 1.54) is 96.3 Å². The van der Waals surface area contributed by atoms with Crippen LogP contribution in [0.25, 0.3) is 0 Å². The summed E-state index contributed by atoms with van der Waals surface area (Å²) in [6.45, 7) is 4.66. The maximum atomic E-state index is 11.5. The van der Waals surface area contributed by atoms with E-state index in [2.05, 4.69) is 19.1 Å². The van der Waals surface area contributed by atoms with E-state index in [0.717, 1.165) is 51.9 Å². The number of amides is 1. The number of carbonyl (C=O) groups is 1. The molecule has 0 spiro atoms. The Hall–Kier alpha value is -0.540. The molecular formula is C29H54ClNO2. The third-order valence-corrected chi connectivity index (χ3v) is 7.38. The van der Waals surface area contributed by atoms with E-state index in [-0.39, 0.29) is 6.04 Å². The average Bonchev–Trinajstić information content (AvgIpc) is 2.84. The third-order valence-electron chi connectivity index (χ3n) is 7.11. The van der Waals surface area contributed by atoms with Crippen LogP contribution in [0.5, 0.6) is 0 Å². The van der Waals surface area contributed by atoms with Crippen LogP contribution in [0.4, 0.5) is 0 Å². The number of unbranched alkanes of at least 4 members (excludes halogenated alkanes) is 15. The van der Waals surface area contributed by atoms with Crippen molar-refractivity contribution in [3.63, 3.8) is 0 Å². The fourth-order valence-corrected chi connectivity index (χ4v) is 5.09. The van der Waals surface area contributed by atoms with Crippen LogP contribution in [0, 0.1) is 5.92 Å². The topological polar surface area (TPSA) is 29.5 Å². The second-order valence-electron chi connectivity index (χ2n) is 10.0. The minimum atomic E-state index is 0.265. The van der Waals surface area contributed by atoms with Gasteiger partial charge in [0.15, 0.2) is 0 Å². The van der Waals surface area contributed by atoms with Gasteiger partial charge in [-0.1, -0.05) is 115 Å². The number of alkyl halides is 1. The highest BCUT2D eigenvalue weighted by molar-refractivity contribution is 6.17. The average molecular weight is 484 g/mol. The molecule has 0 N–H and O–H groups in total. The minimum absolute atomic E-state index is 0.265. The molecule has 0 aromatic heterocycles. The molecule has 2 unspecified atom stereocenters. The van der Waals surface area contributed by atoms with Crippen molar-refractivity contribution in [3.8, 4) is 0 Å². The fourth-order valence-electron chi connectivity index (χ4n) is 4.97. The van der Waals surface area contributed by atoms with Gasteiger partial charge < -0.3 is 9.64 Å². The Labute approximate surface area is 211 Å². The van der Waals surface area contributed by atoms with Gasteiger partial charge in [0.25, 0.3) is 0 Å². The van der Waals surface area contributed by atoms with Crippen molar-refractivity contribution in [2.24, 2.45) is 5.92 Å². The van der Waals surface area contributed by atoms with Crippen molar-refractivity contribution >= 4 is 18.0 Å². The van der Waals surface area contributed by atoms with E-state index in [1.54, 1.807) is 0 Å². The van der Waals surface area contributed by atoms with Crippen LogP contribution in [0.2, 0.25) is 0 Å². The van der Waals surface area contributed by atoms with Crippen molar-refractivity contribution in [1.82, 2.24) is 4.90 Å². The Morgan fingerprint density at radius 1 is 0.788 bits per heavy atom. The number of hydrogen-bond donors (Lipinski definition) is 0. The molecule has 2 atom stereocenters. The molecule has 1 aliphatic rings. The summed E-state index contributed by atoms with van der Waals surface area (Å²) in [6, 6.07) is 0.265. The normalized spacial score (nSPS) is 18.0. The fraction of sp³-hybridized carbons (Fsp3) is 0.897. The molecule has 0 fully saturated rings. The van der Waals surface area contributed by atoms with Crippen LogP contribution in [-0.2, 0) is 9.53 Å². The van der Waals surface area contributed by atoms with Crippen LogP contribution in [0.3, 0.4) is 0 Å². The first kappa shape index (κ1) is 30.5. The largest absolute Gasteiger partial charge is 0.381 e. The van der Waals surface area contributed by atoms with Gasteiger partial charge in [-0.25, -0.2) is 0 Å². The summed E-state index contributed by atoms with van der Waals surface area (Å²) in [6.07, 6.45) is 30.5. The van der Waals surface area contributed by atoms with Crippen molar-refractivity contribution in [2.45, 2.75) is 135 Å². The van der Waals surface area contributed by atoms with Crippen LogP contribution < -0.4 is 0 Å². The Bertz CT molecular complexity index is 457. The van der Waals surface area contributed by atoms with Gasteiger partial charge >= 0.3 is 0 Å². The first-order valence-corrected chi connectivity index (χ1v) is 14.9. The van der Waals surface area contributed by atoms with Crippen molar-refractivity contribution in [3.05, 3.63) is 12.2 Å². The van der Waals surface area contributed by atoms with E-state index in [0.29, 0.717) is 11.8 Å². The lowest BCUT2D eigenvalue weighted by Crippen LogP contribution is -2.43. The number of halogens is 1. The van der Waals surface area contributed by atoms with Crippen LogP contribution in [0.1, 0.15) is 129 Å². The van der Waals surface area contributed by atoms with Gasteiger partial charge in [-0.15, -0.1) is 11.6 Å². The third kappa shape index (κ3) is 16.7. The van der Waals surface area contributed by atoms with E-state index >= 15 is 0 Å². The zero-order valence-corrected chi connectivity index (χ0v) is 22.5. The monoisotopic (exact) mass is 483 g/mol. The molecule has 0 bridgehead atoms. The van der Waals surface area contributed by atoms with E-state index < -0.39 is 0 Å². The number of ether oxygens (including phenoxy) is 1. The predicted octanol–water partition coefficient (Wildman–Crippen LogP) is 8.69. The molecule has 4 heteroatoms. The van der Waals surface area contributed by atoms with E-state index in [4.69, 9.17) is 16.3 Å². The molecule has 0 aromatic rings. The Kier molecular flexibility index (Phi) is 21.4.